The molecular weight excluding hydrogens is 414 g/mol. The monoisotopic (exact) mass is 435 g/mol. The SMILES string of the molecule is CCCCOc1cccc(/C=c2\sc3nc([C@@H]4COc5ccccc5O4)nn3c2=O)c1. The number of hydrogen-bond acceptors (Lipinski definition) is 7. The lowest BCUT2D eigenvalue weighted by Crippen LogP contribution is -2.26. The van der Waals surface area contributed by atoms with Crippen molar-refractivity contribution in [2.24, 2.45) is 0 Å². The van der Waals surface area contributed by atoms with Gasteiger partial charge in [-0.3, -0.25) is 4.79 Å². The van der Waals surface area contributed by atoms with Gasteiger partial charge in [-0.15, -0.1) is 5.10 Å². The number of ether oxygens (including phenoxy) is 3. The highest BCUT2D eigenvalue weighted by atomic mass is 32.1. The van der Waals surface area contributed by atoms with Gasteiger partial charge < -0.3 is 14.2 Å². The molecule has 4 aromatic rings. The standard InChI is InChI=1S/C23H21N3O4S/c1-2-3-11-28-16-8-6-7-15(12-16)13-20-22(27)26-23(31-20)24-21(25-26)19-14-29-17-9-4-5-10-18(17)30-19/h4-10,12-13,19H,2-3,11,14H2,1H3/b20-13-/t19-/m0/s1. The molecule has 3 heterocycles. The second kappa shape index (κ2) is 8.39. The van der Waals surface area contributed by atoms with E-state index in [1.54, 1.807) is 0 Å². The summed E-state index contributed by atoms with van der Waals surface area (Å²) in [5, 5.41) is 4.39. The summed E-state index contributed by atoms with van der Waals surface area (Å²) in [6.45, 7) is 3.11. The lowest BCUT2D eigenvalue weighted by Gasteiger charge is -2.24. The largest absolute Gasteiger partial charge is 0.494 e. The maximum absolute atomic E-state index is 12.9. The zero-order valence-corrected chi connectivity index (χ0v) is 17.8. The van der Waals surface area contributed by atoms with Gasteiger partial charge >= 0.3 is 0 Å². The van der Waals surface area contributed by atoms with Crippen molar-refractivity contribution in [1.29, 1.82) is 0 Å². The molecule has 0 saturated carbocycles. The summed E-state index contributed by atoms with van der Waals surface area (Å²) >= 11 is 1.30. The van der Waals surface area contributed by atoms with Crippen LogP contribution in [-0.4, -0.2) is 27.8 Å². The van der Waals surface area contributed by atoms with E-state index in [2.05, 4.69) is 17.0 Å². The molecule has 5 rings (SSSR count). The lowest BCUT2D eigenvalue weighted by molar-refractivity contribution is 0.0852. The van der Waals surface area contributed by atoms with Gasteiger partial charge in [-0.25, -0.2) is 0 Å². The van der Waals surface area contributed by atoms with E-state index in [1.165, 1.54) is 15.9 Å². The van der Waals surface area contributed by atoms with Crippen LogP contribution in [0, 0.1) is 0 Å². The molecule has 1 atom stereocenters. The van der Waals surface area contributed by atoms with Crippen LogP contribution in [0.1, 0.15) is 37.3 Å². The van der Waals surface area contributed by atoms with Gasteiger partial charge in [-0.05, 0) is 42.3 Å². The summed E-state index contributed by atoms with van der Waals surface area (Å²) < 4.78 is 19.3. The Bertz CT molecular complexity index is 1330. The van der Waals surface area contributed by atoms with Gasteiger partial charge in [0.25, 0.3) is 5.56 Å². The van der Waals surface area contributed by atoms with E-state index in [1.807, 2.05) is 54.6 Å². The van der Waals surface area contributed by atoms with Crippen LogP contribution in [0.5, 0.6) is 17.2 Å². The molecule has 2 aromatic carbocycles. The Morgan fingerprint density at radius 1 is 1.23 bits per heavy atom. The number of nitrogens with zero attached hydrogens (tertiary/aromatic N) is 3. The second-order valence-electron chi connectivity index (χ2n) is 7.22. The molecule has 0 N–H and O–H groups in total. The minimum atomic E-state index is -0.453. The number of para-hydroxylation sites is 2. The summed E-state index contributed by atoms with van der Waals surface area (Å²) in [6, 6.07) is 15.2. The van der Waals surface area contributed by atoms with Gasteiger partial charge in [0.1, 0.15) is 12.4 Å². The van der Waals surface area contributed by atoms with Crippen LogP contribution < -0.4 is 24.3 Å². The van der Waals surface area contributed by atoms with Crippen LogP contribution in [-0.2, 0) is 0 Å². The van der Waals surface area contributed by atoms with Crippen LogP contribution >= 0.6 is 11.3 Å². The van der Waals surface area contributed by atoms with Crippen LogP contribution in [0.4, 0.5) is 0 Å². The Kier molecular flexibility index (Phi) is 5.30. The van der Waals surface area contributed by atoms with Gasteiger partial charge in [-0.2, -0.15) is 9.50 Å². The molecule has 0 spiro atoms. The van der Waals surface area contributed by atoms with Gasteiger partial charge in [-0.1, -0.05) is 48.9 Å². The smallest absolute Gasteiger partial charge is 0.291 e. The van der Waals surface area contributed by atoms with E-state index in [0.717, 1.165) is 24.2 Å². The first-order valence-electron chi connectivity index (χ1n) is 10.2. The third-order valence-corrected chi connectivity index (χ3v) is 5.88. The van der Waals surface area contributed by atoms with E-state index in [9.17, 15) is 4.79 Å². The van der Waals surface area contributed by atoms with E-state index in [-0.39, 0.29) is 5.56 Å². The number of benzene rings is 2. The summed E-state index contributed by atoms with van der Waals surface area (Å²) in [7, 11) is 0. The van der Waals surface area contributed by atoms with Crippen molar-refractivity contribution in [2.45, 2.75) is 25.9 Å². The molecule has 0 aliphatic carbocycles. The second-order valence-corrected chi connectivity index (χ2v) is 8.23. The highest BCUT2D eigenvalue weighted by Crippen LogP contribution is 2.35. The maximum Gasteiger partial charge on any atom is 0.291 e. The molecule has 0 fully saturated rings. The fourth-order valence-electron chi connectivity index (χ4n) is 3.31. The maximum atomic E-state index is 12.9. The summed E-state index contributed by atoms with van der Waals surface area (Å²) in [5.41, 5.74) is 0.699. The van der Waals surface area contributed by atoms with Gasteiger partial charge in [0, 0.05) is 0 Å². The van der Waals surface area contributed by atoms with Crippen molar-refractivity contribution in [1.82, 2.24) is 14.6 Å². The quantitative estimate of drug-likeness (QED) is 0.432. The molecule has 31 heavy (non-hydrogen) atoms. The molecule has 7 nitrogen and oxygen atoms in total. The van der Waals surface area contributed by atoms with E-state index in [4.69, 9.17) is 14.2 Å². The summed E-state index contributed by atoms with van der Waals surface area (Å²) in [5.74, 6) is 2.58. The molecule has 1 aliphatic rings. The fraction of sp³-hybridized carbons (Fsp3) is 0.261. The van der Waals surface area contributed by atoms with E-state index < -0.39 is 6.10 Å². The molecule has 8 heteroatoms. The molecule has 0 bridgehead atoms. The topological polar surface area (TPSA) is 74.9 Å². The lowest BCUT2D eigenvalue weighted by atomic mass is 10.2. The number of fused-ring (bicyclic) bond motifs is 2. The number of hydrogen-bond donors (Lipinski definition) is 0. The third-order valence-electron chi connectivity index (χ3n) is 4.92. The van der Waals surface area contributed by atoms with Gasteiger partial charge in [0.15, 0.2) is 23.4 Å². The van der Waals surface area contributed by atoms with Crippen molar-refractivity contribution < 1.29 is 14.2 Å². The van der Waals surface area contributed by atoms with Gasteiger partial charge in [0.05, 0.1) is 11.1 Å². The average molecular weight is 436 g/mol. The van der Waals surface area contributed by atoms with Crippen LogP contribution in [0.25, 0.3) is 11.0 Å². The van der Waals surface area contributed by atoms with Crippen molar-refractivity contribution in [3.05, 3.63) is 74.8 Å². The fourth-order valence-corrected chi connectivity index (χ4v) is 4.23. The highest BCUT2D eigenvalue weighted by Gasteiger charge is 2.27. The van der Waals surface area contributed by atoms with Crippen LogP contribution in [0.2, 0.25) is 0 Å². The molecule has 0 radical (unpaired) electrons. The molecule has 0 unspecified atom stereocenters. The Labute approximate surface area is 182 Å². The average Bonchev–Trinajstić information content (AvgIpc) is 3.33. The van der Waals surface area contributed by atoms with Crippen LogP contribution in [0.3, 0.4) is 0 Å². The summed E-state index contributed by atoms with van der Waals surface area (Å²) in [4.78, 5) is 17.9. The summed E-state index contributed by atoms with van der Waals surface area (Å²) in [6.07, 6.45) is 3.48. The molecule has 0 amide bonds. The zero-order valence-electron chi connectivity index (χ0n) is 17.0. The van der Waals surface area contributed by atoms with E-state index in [0.29, 0.717) is 40.0 Å². The first-order valence-corrected chi connectivity index (χ1v) is 11.1. The first-order chi connectivity index (χ1) is 15.2. The van der Waals surface area contributed by atoms with Crippen molar-refractivity contribution in [3.8, 4) is 17.2 Å². The third kappa shape index (κ3) is 3.98. The Hall–Kier alpha value is -3.39. The number of rotatable bonds is 6. The number of thiazole rings is 1. The minimum absolute atomic E-state index is 0.201. The Morgan fingerprint density at radius 2 is 2.10 bits per heavy atom. The first kappa shape index (κ1) is 19.6. The Morgan fingerprint density at radius 3 is 2.94 bits per heavy atom. The van der Waals surface area contributed by atoms with Crippen molar-refractivity contribution >= 4 is 22.4 Å². The van der Waals surface area contributed by atoms with Crippen LogP contribution in [0.15, 0.2) is 53.3 Å². The molecule has 158 valence electrons. The predicted molar refractivity (Wildman–Crippen MR) is 118 cm³/mol. The zero-order chi connectivity index (χ0) is 21.2. The van der Waals surface area contributed by atoms with Gasteiger partial charge in [0.2, 0.25) is 4.96 Å². The predicted octanol–water partition coefficient (Wildman–Crippen LogP) is 3.39. The molecular formula is C23H21N3O4S. The molecule has 0 saturated heterocycles. The van der Waals surface area contributed by atoms with E-state index >= 15 is 0 Å². The molecule has 1 aliphatic heterocycles. The van der Waals surface area contributed by atoms with Crippen molar-refractivity contribution in [2.75, 3.05) is 13.2 Å². The Balaban J connectivity index is 1.40. The number of aromatic nitrogens is 3. The highest BCUT2D eigenvalue weighted by molar-refractivity contribution is 7.15. The van der Waals surface area contributed by atoms with Crippen molar-refractivity contribution in [3.63, 3.8) is 0 Å². The number of unbranched alkanes of at least 4 members (excludes halogenated alkanes) is 1. The normalized spacial score (nSPS) is 16.0. The minimum Gasteiger partial charge on any atom is -0.494 e. The molecule has 2 aromatic heterocycles.